The Labute approximate surface area is 77.8 Å². The van der Waals surface area contributed by atoms with Gasteiger partial charge < -0.3 is 5.73 Å². The van der Waals surface area contributed by atoms with Gasteiger partial charge in [0, 0.05) is 6.04 Å². The molecule has 2 atom stereocenters. The summed E-state index contributed by atoms with van der Waals surface area (Å²) in [6.45, 7) is 2.17. The Balaban J connectivity index is 2.50. The lowest BCUT2D eigenvalue weighted by Crippen LogP contribution is -2.19. The van der Waals surface area contributed by atoms with Crippen LogP contribution in [-0.2, 0) is 0 Å². The molecule has 1 aromatic rings. The molecule has 2 N–H and O–H groups in total. The summed E-state index contributed by atoms with van der Waals surface area (Å²) in [6, 6.07) is 5.00. The van der Waals surface area contributed by atoms with Gasteiger partial charge >= 0.3 is 0 Å². The van der Waals surface area contributed by atoms with Gasteiger partial charge in [0.25, 0.3) is 0 Å². The monoisotopic (exact) mass is 179 g/mol. The molecule has 2 rings (SSSR count). The number of rotatable bonds is 0. The third kappa shape index (κ3) is 1.46. The molecule has 1 aromatic carbocycles. The van der Waals surface area contributed by atoms with Gasteiger partial charge in [0.05, 0.1) is 0 Å². The lowest BCUT2D eigenvalue weighted by Gasteiger charge is -2.27. The first kappa shape index (κ1) is 8.70. The molecular weight excluding hydrogens is 165 g/mol. The van der Waals surface area contributed by atoms with Crippen LogP contribution in [0.15, 0.2) is 18.2 Å². The first-order valence-electron chi connectivity index (χ1n) is 4.73. The minimum Gasteiger partial charge on any atom is -0.324 e. The van der Waals surface area contributed by atoms with Gasteiger partial charge in [-0.15, -0.1) is 0 Å². The fourth-order valence-corrected chi connectivity index (χ4v) is 2.06. The van der Waals surface area contributed by atoms with Crippen LogP contribution in [0.2, 0.25) is 0 Å². The zero-order valence-electron chi connectivity index (χ0n) is 7.76. The van der Waals surface area contributed by atoms with Gasteiger partial charge in [-0.1, -0.05) is 13.0 Å². The molecule has 0 amide bonds. The van der Waals surface area contributed by atoms with Crippen LogP contribution in [0, 0.1) is 5.82 Å². The Morgan fingerprint density at radius 3 is 2.85 bits per heavy atom. The van der Waals surface area contributed by atoms with Crippen LogP contribution in [0.4, 0.5) is 4.39 Å². The van der Waals surface area contributed by atoms with Crippen molar-refractivity contribution >= 4 is 0 Å². The molecule has 0 radical (unpaired) electrons. The second kappa shape index (κ2) is 3.11. The van der Waals surface area contributed by atoms with E-state index in [1.54, 1.807) is 6.07 Å². The molecule has 13 heavy (non-hydrogen) atoms. The zero-order chi connectivity index (χ0) is 9.42. The Hall–Kier alpha value is -0.890. The normalized spacial score (nSPS) is 27.0. The zero-order valence-corrected chi connectivity index (χ0v) is 7.76. The number of nitrogens with two attached hydrogens (primary N) is 1. The van der Waals surface area contributed by atoms with Gasteiger partial charge in [0.15, 0.2) is 0 Å². The number of hydrogen-bond acceptors (Lipinski definition) is 1. The molecule has 0 heterocycles. The Morgan fingerprint density at radius 2 is 2.08 bits per heavy atom. The van der Waals surface area contributed by atoms with Crippen molar-refractivity contribution in [3.63, 3.8) is 0 Å². The van der Waals surface area contributed by atoms with E-state index in [9.17, 15) is 4.39 Å². The molecule has 0 aromatic heterocycles. The largest absolute Gasteiger partial charge is 0.324 e. The molecule has 1 aliphatic carbocycles. The summed E-state index contributed by atoms with van der Waals surface area (Å²) in [4.78, 5) is 0. The van der Waals surface area contributed by atoms with E-state index in [0.29, 0.717) is 5.92 Å². The van der Waals surface area contributed by atoms with E-state index in [-0.39, 0.29) is 11.9 Å². The average molecular weight is 179 g/mol. The van der Waals surface area contributed by atoms with Crippen molar-refractivity contribution in [2.24, 2.45) is 5.73 Å². The van der Waals surface area contributed by atoms with E-state index in [1.807, 2.05) is 6.07 Å². The number of benzene rings is 1. The summed E-state index contributed by atoms with van der Waals surface area (Å²) in [5.41, 5.74) is 8.13. The Morgan fingerprint density at radius 1 is 1.31 bits per heavy atom. The molecule has 0 fully saturated rings. The summed E-state index contributed by atoms with van der Waals surface area (Å²) < 4.78 is 12.9. The van der Waals surface area contributed by atoms with E-state index in [1.165, 1.54) is 11.6 Å². The van der Waals surface area contributed by atoms with Crippen LogP contribution in [0.5, 0.6) is 0 Å². The van der Waals surface area contributed by atoms with E-state index in [0.717, 1.165) is 18.4 Å². The average Bonchev–Trinajstić information content (AvgIpc) is 2.12. The molecule has 0 saturated carbocycles. The molecule has 1 nitrogen and oxygen atoms in total. The SMILES string of the molecule is CC1CC[C@H](N)c2cc(F)ccc21. The summed E-state index contributed by atoms with van der Waals surface area (Å²) in [5.74, 6) is 0.346. The summed E-state index contributed by atoms with van der Waals surface area (Å²) in [6.07, 6.45) is 2.08. The minimum atomic E-state index is -0.177. The molecule has 0 bridgehead atoms. The second-order valence-corrected chi connectivity index (χ2v) is 3.86. The summed E-state index contributed by atoms with van der Waals surface area (Å²) >= 11 is 0. The first-order valence-corrected chi connectivity index (χ1v) is 4.73. The smallest absolute Gasteiger partial charge is 0.123 e. The van der Waals surface area contributed by atoms with Crippen LogP contribution in [-0.4, -0.2) is 0 Å². The maximum absolute atomic E-state index is 12.9. The van der Waals surface area contributed by atoms with Crippen molar-refractivity contribution in [1.29, 1.82) is 0 Å². The van der Waals surface area contributed by atoms with Gasteiger partial charge in [-0.05, 0) is 42.0 Å². The van der Waals surface area contributed by atoms with Gasteiger partial charge in [0.2, 0.25) is 0 Å². The van der Waals surface area contributed by atoms with Crippen LogP contribution in [0.25, 0.3) is 0 Å². The number of hydrogen-bond donors (Lipinski definition) is 1. The van der Waals surface area contributed by atoms with Crippen molar-refractivity contribution in [3.05, 3.63) is 35.1 Å². The lowest BCUT2D eigenvalue weighted by atomic mass is 9.81. The van der Waals surface area contributed by atoms with Crippen LogP contribution in [0.1, 0.15) is 42.9 Å². The molecule has 70 valence electrons. The maximum Gasteiger partial charge on any atom is 0.123 e. The van der Waals surface area contributed by atoms with Crippen LogP contribution >= 0.6 is 0 Å². The van der Waals surface area contributed by atoms with Crippen molar-refractivity contribution < 1.29 is 4.39 Å². The lowest BCUT2D eigenvalue weighted by molar-refractivity contribution is 0.507. The van der Waals surface area contributed by atoms with E-state index in [4.69, 9.17) is 5.73 Å². The standard InChI is InChI=1S/C11H14FN/c1-7-2-5-11(13)10-6-8(12)3-4-9(7)10/h3-4,6-7,11H,2,5,13H2,1H3/t7?,11-/m0/s1. The Kier molecular flexibility index (Phi) is 2.08. The van der Waals surface area contributed by atoms with Crippen LogP contribution < -0.4 is 5.73 Å². The fraction of sp³-hybridized carbons (Fsp3) is 0.455. The van der Waals surface area contributed by atoms with Crippen molar-refractivity contribution in [2.45, 2.75) is 31.7 Å². The third-order valence-electron chi connectivity index (χ3n) is 2.89. The minimum absolute atomic E-state index is 0.0295. The molecule has 0 saturated heterocycles. The summed E-state index contributed by atoms with van der Waals surface area (Å²) in [5, 5.41) is 0. The Bertz CT molecular complexity index is 322. The quantitative estimate of drug-likeness (QED) is 0.651. The number of halogens is 1. The highest BCUT2D eigenvalue weighted by Gasteiger charge is 2.22. The van der Waals surface area contributed by atoms with Crippen molar-refractivity contribution in [2.75, 3.05) is 0 Å². The molecule has 1 aliphatic rings. The molecule has 0 aliphatic heterocycles. The van der Waals surface area contributed by atoms with Crippen molar-refractivity contribution in [3.8, 4) is 0 Å². The molecule has 0 spiro atoms. The van der Waals surface area contributed by atoms with Gasteiger partial charge in [-0.25, -0.2) is 4.39 Å². The van der Waals surface area contributed by atoms with E-state index < -0.39 is 0 Å². The van der Waals surface area contributed by atoms with Gasteiger partial charge in [-0.3, -0.25) is 0 Å². The fourth-order valence-electron chi connectivity index (χ4n) is 2.06. The maximum atomic E-state index is 12.9. The van der Waals surface area contributed by atoms with E-state index in [2.05, 4.69) is 6.92 Å². The summed E-state index contributed by atoms with van der Waals surface area (Å²) in [7, 11) is 0. The topological polar surface area (TPSA) is 26.0 Å². The second-order valence-electron chi connectivity index (χ2n) is 3.86. The first-order chi connectivity index (χ1) is 6.18. The number of fused-ring (bicyclic) bond motifs is 1. The predicted octanol–water partition coefficient (Wildman–Crippen LogP) is 2.72. The van der Waals surface area contributed by atoms with Gasteiger partial charge in [-0.2, -0.15) is 0 Å². The molecular formula is C11H14FN. The highest BCUT2D eigenvalue weighted by Crippen LogP contribution is 2.35. The highest BCUT2D eigenvalue weighted by molar-refractivity contribution is 5.35. The van der Waals surface area contributed by atoms with Gasteiger partial charge in [0.1, 0.15) is 5.82 Å². The van der Waals surface area contributed by atoms with Crippen LogP contribution in [0.3, 0.4) is 0 Å². The predicted molar refractivity (Wildman–Crippen MR) is 51.0 cm³/mol. The van der Waals surface area contributed by atoms with E-state index >= 15 is 0 Å². The van der Waals surface area contributed by atoms with Crippen molar-refractivity contribution in [1.82, 2.24) is 0 Å². The molecule has 2 heteroatoms. The highest BCUT2D eigenvalue weighted by atomic mass is 19.1. The molecule has 1 unspecified atom stereocenters. The third-order valence-corrected chi connectivity index (χ3v) is 2.89.